The lowest BCUT2D eigenvalue weighted by atomic mass is 10.2. The summed E-state index contributed by atoms with van der Waals surface area (Å²) in [5.41, 5.74) is -0.572. The molecule has 0 aromatic heterocycles. The second-order valence-electron chi connectivity index (χ2n) is 7.30. The van der Waals surface area contributed by atoms with Gasteiger partial charge in [-0.1, -0.05) is 36.4 Å². The minimum Gasteiger partial charge on any atom is -0.351 e. The monoisotopic (exact) mass is 498 g/mol. The smallest absolute Gasteiger partial charge is 0.351 e. The molecule has 0 fully saturated rings. The van der Waals surface area contributed by atoms with Gasteiger partial charge in [-0.15, -0.1) is 0 Å². The van der Waals surface area contributed by atoms with Crippen molar-refractivity contribution in [2.75, 3.05) is 6.54 Å². The van der Waals surface area contributed by atoms with Crippen molar-refractivity contribution in [1.82, 2.24) is 9.62 Å². The number of hydrogen-bond acceptors (Lipinski definition) is 3. The van der Waals surface area contributed by atoms with Gasteiger partial charge in [0, 0.05) is 13.1 Å². The predicted octanol–water partition coefficient (Wildman–Crippen LogP) is 4.49. The Labute approximate surface area is 192 Å². The highest BCUT2D eigenvalue weighted by atomic mass is 32.2. The van der Waals surface area contributed by atoms with E-state index in [9.17, 15) is 35.2 Å². The van der Waals surface area contributed by atoms with Gasteiger partial charge in [0.05, 0.1) is 17.0 Å². The highest BCUT2D eigenvalue weighted by Crippen LogP contribution is 2.35. The number of nitrogens with zero attached hydrogens (tertiary/aromatic N) is 1. The molecule has 0 aliphatic carbocycles. The van der Waals surface area contributed by atoms with Crippen LogP contribution in [-0.4, -0.2) is 25.2 Å². The fraction of sp³-hybridized carbons (Fsp3) is 0.174. The first-order valence-electron chi connectivity index (χ1n) is 9.89. The lowest BCUT2D eigenvalue weighted by Gasteiger charge is -2.24. The SMILES string of the molecule is O=C(CN(Cc1ccc(F)cc1)S(=O)(=O)c1ccccc1C(F)(F)F)NCc1ccc(F)cc1. The summed E-state index contributed by atoms with van der Waals surface area (Å²) in [5.74, 6) is -1.85. The molecule has 1 N–H and O–H groups in total. The third-order valence-corrected chi connectivity index (χ3v) is 6.66. The van der Waals surface area contributed by atoms with E-state index >= 15 is 0 Å². The number of alkyl halides is 3. The lowest BCUT2D eigenvalue weighted by molar-refractivity contribution is -0.139. The molecule has 0 aliphatic heterocycles. The average molecular weight is 498 g/mol. The van der Waals surface area contributed by atoms with E-state index in [0.717, 1.165) is 30.3 Å². The van der Waals surface area contributed by atoms with Crippen LogP contribution in [0.15, 0.2) is 77.7 Å². The maximum atomic E-state index is 13.5. The van der Waals surface area contributed by atoms with Gasteiger partial charge < -0.3 is 5.32 Å². The Morgan fingerprint density at radius 2 is 1.35 bits per heavy atom. The maximum absolute atomic E-state index is 13.5. The normalized spacial score (nSPS) is 12.1. The van der Waals surface area contributed by atoms with Gasteiger partial charge in [0.15, 0.2) is 0 Å². The van der Waals surface area contributed by atoms with Crippen molar-refractivity contribution >= 4 is 15.9 Å². The van der Waals surface area contributed by atoms with Crippen LogP contribution in [-0.2, 0) is 34.1 Å². The molecule has 0 atom stereocenters. The molecule has 0 saturated heterocycles. The van der Waals surface area contributed by atoms with E-state index in [0.29, 0.717) is 15.9 Å². The molecule has 180 valence electrons. The Kier molecular flexibility index (Phi) is 7.68. The minimum atomic E-state index is -4.95. The number of nitrogens with one attached hydrogen (secondary N) is 1. The molecule has 0 spiro atoms. The van der Waals surface area contributed by atoms with Gasteiger partial charge in [0.2, 0.25) is 15.9 Å². The van der Waals surface area contributed by atoms with E-state index in [-0.39, 0.29) is 12.1 Å². The van der Waals surface area contributed by atoms with Gasteiger partial charge in [0.25, 0.3) is 0 Å². The van der Waals surface area contributed by atoms with E-state index in [2.05, 4.69) is 5.32 Å². The van der Waals surface area contributed by atoms with E-state index in [1.165, 1.54) is 36.4 Å². The van der Waals surface area contributed by atoms with Gasteiger partial charge in [-0.3, -0.25) is 4.79 Å². The largest absolute Gasteiger partial charge is 0.417 e. The van der Waals surface area contributed by atoms with Crippen LogP contribution in [0, 0.1) is 11.6 Å². The number of carbonyl (C=O) groups excluding carboxylic acids is 1. The van der Waals surface area contributed by atoms with Crippen LogP contribution in [0.1, 0.15) is 16.7 Å². The number of hydrogen-bond donors (Lipinski definition) is 1. The third-order valence-electron chi connectivity index (χ3n) is 4.81. The number of rotatable bonds is 8. The molecule has 3 rings (SSSR count). The Balaban J connectivity index is 1.89. The van der Waals surface area contributed by atoms with Crippen molar-refractivity contribution in [3.05, 3.63) is 101 Å². The maximum Gasteiger partial charge on any atom is 0.417 e. The first-order valence-corrected chi connectivity index (χ1v) is 11.3. The molecule has 11 heteroatoms. The van der Waals surface area contributed by atoms with Crippen LogP contribution >= 0.6 is 0 Å². The van der Waals surface area contributed by atoms with Gasteiger partial charge in [-0.05, 0) is 47.5 Å². The van der Waals surface area contributed by atoms with E-state index in [4.69, 9.17) is 0 Å². The van der Waals surface area contributed by atoms with Gasteiger partial charge in [-0.25, -0.2) is 17.2 Å². The molecule has 0 radical (unpaired) electrons. The molecular formula is C23H19F5N2O3S. The summed E-state index contributed by atoms with van der Waals surface area (Å²) in [7, 11) is -4.80. The fourth-order valence-corrected chi connectivity index (χ4v) is 4.70. The van der Waals surface area contributed by atoms with Crippen molar-refractivity contribution < 1.29 is 35.2 Å². The first-order chi connectivity index (χ1) is 16.0. The van der Waals surface area contributed by atoms with Crippen molar-refractivity contribution in [3.63, 3.8) is 0 Å². The van der Waals surface area contributed by atoms with Crippen molar-refractivity contribution in [2.45, 2.75) is 24.2 Å². The summed E-state index contributed by atoms with van der Waals surface area (Å²) in [5, 5.41) is 2.46. The van der Waals surface area contributed by atoms with Crippen LogP contribution in [0.3, 0.4) is 0 Å². The zero-order valence-corrected chi connectivity index (χ0v) is 18.3. The first kappa shape index (κ1) is 25.3. The molecule has 0 aliphatic rings. The lowest BCUT2D eigenvalue weighted by Crippen LogP contribution is -2.40. The highest BCUT2D eigenvalue weighted by molar-refractivity contribution is 7.89. The Morgan fingerprint density at radius 1 is 0.824 bits per heavy atom. The molecule has 34 heavy (non-hydrogen) atoms. The standard InChI is InChI=1S/C23H19F5N2O3S/c24-18-9-5-16(6-10-18)13-29-22(31)15-30(14-17-7-11-19(25)12-8-17)34(32,33)21-4-2-1-3-20(21)23(26,27)28/h1-12H,13-15H2,(H,29,31). The summed E-state index contributed by atoms with van der Waals surface area (Å²) in [6.07, 6.45) is -4.95. The molecule has 3 aromatic carbocycles. The van der Waals surface area contributed by atoms with Crippen LogP contribution in [0.5, 0.6) is 0 Å². The van der Waals surface area contributed by atoms with E-state index in [1.54, 1.807) is 0 Å². The van der Waals surface area contributed by atoms with Crippen LogP contribution in [0.2, 0.25) is 0 Å². The Hall–Kier alpha value is -3.31. The summed E-state index contributed by atoms with van der Waals surface area (Å²) >= 11 is 0. The molecule has 0 saturated carbocycles. The Morgan fingerprint density at radius 3 is 1.91 bits per heavy atom. The zero-order chi connectivity index (χ0) is 24.9. The summed E-state index contributed by atoms with van der Waals surface area (Å²) in [6.45, 7) is -1.32. The topological polar surface area (TPSA) is 66.5 Å². The number of halogens is 5. The molecule has 0 unspecified atom stereocenters. The minimum absolute atomic E-state index is 0.0529. The zero-order valence-electron chi connectivity index (χ0n) is 17.5. The second kappa shape index (κ2) is 10.3. The third kappa shape index (κ3) is 6.39. The second-order valence-corrected chi connectivity index (χ2v) is 9.20. The van der Waals surface area contributed by atoms with Crippen LogP contribution in [0.4, 0.5) is 22.0 Å². The summed E-state index contributed by atoms with van der Waals surface area (Å²) in [6, 6.07) is 13.5. The molecular weight excluding hydrogens is 479 g/mol. The quantitative estimate of drug-likeness (QED) is 0.466. The van der Waals surface area contributed by atoms with Gasteiger partial charge in [0.1, 0.15) is 11.6 Å². The van der Waals surface area contributed by atoms with Crippen molar-refractivity contribution in [1.29, 1.82) is 0 Å². The summed E-state index contributed by atoms with van der Waals surface area (Å²) in [4.78, 5) is 11.5. The number of amides is 1. The Bertz CT molecular complexity index is 1240. The average Bonchev–Trinajstić information content (AvgIpc) is 2.79. The molecule has 0 bridgehead atoms. The van der Waals surface area contributed by atoms with Gasteiger partial charge in [-0.2, -0.15) is 17.5 Å². The predicted molar refractivity (Wildman–Crippen MR) is 114 cm³/mol. The van der Waals surface area contributed by atoms with Crippen molar-refractivity contribution in [3.8, 4) is 0 Å². The van der Waals surface area contributed by atoms with E-state index in [1.807, 2.05) is 0 Å². The molecule has 0 heterocycles. The van der Waals surface area contributed by atoms with Crippen LogP contribution in [0.25, 0.3) is 0 Å². The summed E-state index contributed by atoms with van der Waals surface area (Å²) < 4.78 is 93.8. The van der Waals surface area contributed by atoms with Crippen LogP contribution < -0.4 is 5.32 Å². The fourth-order valence-electron chi connectivity index (χ4n) is 3.10. The number of sulfonamides is 1. The molecule has 3 aromatic rings. The molecule has 1 amide bonds. The number of carbonyl (C=O) groups is 1. The van der Waals surface area contributed by atoms with Crippen molar-refractivity contribution in [2.24, 2.45) is 0 Å². The van der Waals surface area contributed by atoms with E-state index < -0.39 is 57.3 Å². The highest BCUT2D eigenvalue weighted by Gasteiger charge is 2.39. The number of benzene rings is 3. The molecule has 5 nitrogen and oxygen atoms in total. The van der Waals surface area contributed by atoms with Gasteiger partial charge >= 0.3 is 6.18 Å².